The van der Waals surface area contributed by atoms with E-state index in [4.69, 9.17) is 47.4 Å². The Morgan fingerprint density at radius 2 is 1.21 bits per heavy atom. The number of aromatic amines is 1. The molecule has 5 N–H and O–H groups in total. The van der Waals surface area contributed by atoms with Gasteiger partial charge >= 0.3 is 0 Å². The second-order valence-electron chi connectivity index (χ2n) is 19.1. The molecular weight excluding hydrogens is 1050 g/mol. The lowest BCUT2D eigenvalue weighted by atomic mass is 9.97. The minimum absolute atomic E-state index is 0.143. The summed E-state index contributed by atoms with van der Waals surface area (Å²) in [6.45, 7) is 16.0. The number of carbonyl (C=O) groups is 3. The maximum atomic E-state index is 14.2. The van der Waals surface area contributed by atoms with Crippen molar-refractivity contribution in [3.8, 4) is 22.9 Å². The van der Waals surface area contributed by atoms with Gasteiger partial charge in [0, 0.05) is 56.4 Å². The van der Waals surface area contributed by atoms with Crippen molar-refractivity contribution >= 4 is 34.4 Å². The average molecular weight is 1130 g/mol. The summed E-state index contributed by atoms with van der Waals surface area (Å²) >= 11 is 0. The number of H-pyrrole nitrogens is 1. The molecule has 0 bridgehead atoms. The highest BCUT2D eigenvalue weighted by atomic mass is 19.1. The van der Waals surface area contributed by atoms with Crippen LogP contribution in [0.3, 0.4) is 0 Å². The molecule has 0 atom stereocenters. The Morgan fingerprint density at radius 1 is 0.667 bits per heavy atom. The quantitative estimate of drug-likeness (QED) is 0.0286. The Labute approximate surface area is 470 Å². The van der Waals surface area contributed by atoms with Gasteiger partial charge in [0.15, 0.2) is 11.6 Å². The van der Waals surface area contributed by atoms with Crippen LogP contribution in [0.1, 0.15) is 63.6 Å². The number of imidazole rings is 1. The molecule has 22 nitrogen and oxygen atoms in total. The number of hydrogen-bond donors (Lipinski definition) is 5. The van der Waals surface area contributed by atoms with Crippen LogP contribution in [0, 0.1) is 26.6 Å². The number of carbonyl (C=O) groups excluding carboxylic acids is 3. The number of fused-ring (bicyclic) bond motifs is 1. The van der Waals surface area contributed by atoms with E-state index in [-0.39, 0.29) is 53.1 Å². The molecule has 3 amide bonds. The number of ether oxygens (including phenoxy) is 10. The Hall–Kier alpha value is -7.06. The van der Waals surface area contributed by atoms with Crippen LogP contribution >= 0.6 is 0 Å². The highest BCUT2D eigenvalue weighted by molar-refractivity contribution is 6.05. The van der Waals surface area contributed by atoms with E-state index in [1.807, 2.05) is 0 Å². The van der Waals surface area contributed by atoms with Crippen molar-refractivity contribution in [3.05, 3.63) is 129 Å². The number of aryl methyl sites for hydroxylation is 4. The van der Waals surface area contributed by atoms with Crippen molar-refractivity contribution in [1.82, 2.24) is 29.7 Å². The number of aliphatic hydroxyl groups is 1. The van der Waals surface area contributed by atoms with Gasteiger partial charge in [-0.3, -0.25) is 19.2 Å². The molecule has 3 aromatic carbocycles. The number of anilines is 1. The van der Waals surface area contributed by atoms with Gasteiger partial charge in [-0.15, -0.1) is 0 Å². The second-order valence-corrected chi connectivity index (χ2v) is 19.1. The van der Waals surface area contributed by atoms with Crippen molar-refractivity contribution in [2.45, 2.75) is 46.6 Å². The van der Waals surface area contributed by atoms with E-state index < -0.39 is 11.5 Å². The second kappa shape index (κ2) is 33.0. The topological polar surface area (TPSA) is 255 Å². The van der Waals surface area contributed by atoms with Gasteiger partial charge in [-0.25, -0.2) is 9.37 Å². The van der Waals surface area contributed by atoms with Crippen LogP contribution in [0.4, 0.5) is 10.1 Å². The van der Waals surface area contributed by atoms with E-state index in [9.17, 15) is 28.7 Å². The van der Waals surface area contributed by atoms with Gasteiger partial charge in [-0.05, 0) is 106 Å². The predicted molar refractivity (Wildman–Crippen MR) is 299 cm³/mol. The summed E-state index contributed by atoms with van der Waals surface area (Å²) in [7, 11) is 1.72. The minimum atomic E-state index is -1.22. The number of hydrogen-bond acceptors (Lipinski definition) is 16. The Morgan fingerprint density at radius 3 is 1.74 bits per heavy atom. The third-order valence-electron chi connectivity index (χ3n) is 12.2. The van der Waals surface area contributed by atoms with E-state index in [1.165, 1.54) is 18.3 Å². The minimum Gasteiger partial charge on any atom is -0.491 e. The van der Waals surface area contributed by atoms with Gasteiger partial charge in [-0.1, -0.05) is 6.07 Å². The summed E-state index contributed by atoms with van der Waals surface area (Å²) < 4.78 is 74.0. The van der Waals surface area contributed by atoms with E-state index in [2.05, 4.69) is 25.9 Å². The Kier molecular flexibility index (Phi) is 25.7. The zero-order valence-electron chi connectivity index (χ0n) is 47.0. The fraction of sp³-hybridized carbons (Fsp3) is 0.466. The molecule has 0 saturated heterocycles. The number of pyridine rings is 1. The summed E-state index contributed by atoms with van der Waals surface area (Å²) in [6, 6.07) is 16.5. The van der Waals surface area contributed by atoms with Crippen molar-refractivity contribution in [3.63, 3.8) is 0 Å². The first-order chi connectivity index (χ1) is 39.1. The number of nitrogens with one attached hydrogen (secondary N) is 4. The zero-order chi connectivity index (χ0) is 58.0. The Bertz CT molecular complexity index is 2970. The standard InChI is InChI=1S/C58H76FN7O15/c1-40-35-44(59)36-41(2)54(40)81-50-12-7-43(58(4,5)71)37-48(50)66-39-42(3)53(68)52-49(66)38-47(64-52)56(69)63-45-8-10-46(11-9-45)80-34-33-79-32-31-78-30-29-77-28-27-76-26-25-75-24-23-74-22-21-73-20-19-72-18-16-60-51(67)13-14-62-57(70)55-61-15-17-65(55)6/h7-12,15,17,35-39,64,71H,13-14,16,18-34H2,1-6H3,(H,60,67)(H,62,70)(H,63,69). The molecule has 0 aliphatic heterocycles. The van der Waals surface area contributed by atoms with Crippen LogP contribution in [0.2, 0.25) is 0 Å². The smallest absolute Gasteiger partial charge is 0.287 e. The number of rotatable bonds is 38. The van der Waals surface area contributed by atoms with Crippen molar-refractivity contribution in [2.75, 3.05) is 131 Å². The molecule has 0 unspecified atom stereocenters. The molecule has 0 saturated carbocycles. The van der Waals surface area contributed by atoms with Gasteiger partial charge in [0.2, 0.25) is 11.3 Å². The first-order valence-electron chi connectivity index (χ1n) is 26.8. The number of nitrogens with zero attached hydrogens (tertiary/aromatic N) is 3. The molecule has 23 heteroatoms. The number of amides is 3. The first-order valence-corrected chi connectivity index (χ1v) is 26.8. The van der Waals surface area contributed by atoms with Crippen LogP contribution in [-0.4, -0.2) is 167 Å². The summed E-state index contributed by atoms with van der Waals surface area (Å²) in [4.78, 5) is 58.0. The van der Waals surface area contributed by atoms with E-state index in [0.717, 1.165) is 0 Å². The summed E-state index contributed by atoms with van der Waals surface area (Å²) in [5.74, 6) is 0.367. The summed E-state index contributed by atoms with van der Waals surface area (Å²) in [5, 5.41) is 19.2. The fourth-order valence-electron chi connectivity index (χ4n) is 7.99. The van der Waals surface area contributed by atoms with Crippen LogP contribution in [0.5, 0.6) is 17.2 Å². The molecule has 3 aromatic heterocycles. The number of aromatic nitrogens is 4. The van der Waals surface area contributed by atoms with Crippen LogP contribution in [-0.2, 0) is 55.3 Å². The van der Waals surface area contributed by atoms with Crippen molar-refractivity contribution in [1.29, 1.82) is 0 Å². The molecule has 0 aliphatic rings. The molecule has 440 valence electrons. The lowest BCUT2D eigenvalue weighted by molar-refractivity contribution is -0.121. The summed E-state index contributed by atoms with van der Waals surface area (Å²) in [5.41, 5.74) is 2.42. The third-order valence-corrected chi connectivity index (χ3v) is 12.2. The normalized spacial score (nSPS) is 11.6. The van der Waals surface area contributed by atoms with Gasteiger partial charge in [0.25, 0.3) is 11.8 Å². The molecule has 6 aromatic rings. The maximum Gasteiger partial charge on any atom is 0.287 e. The first kappa shape index (κ1) is 63.1. The zero-order valence-corrected chi connectivity index (χ0v) is 47.0. The lowest BCUT2D eigenvalue weighted by Crippen LogP contribution is -2.33. The van der Waals surface area contributed by atoms with Gasteiger partial charge in [0.05, 0.1) is 123 Å². The fourth-order valence-corrected chi connectivity index (χ4v) is 7.99. The average Bonchev–Trinajstić information content (AvgIpc) is 4.35. The van der Waals surface area contributed by atoms with Crippen molar-refractivity contribution in [2.24, 2.45) is 7.05 Å². The van der Waals surface area contributed by atoms with Gasteiger partial charge in [-0.2, -0.15) is 0 Å². The van der Waals surface area contributed by atoms with Gasteiger partial charge < -0.3 is 82.5 Å². The number of benzene rings is 3. The number of halogens is 1. The molecule has 81 heavy (non-hydrogen) atoms. The highest BCUT2D eigenvalue weighted by Gasteiger charge is 2.23. The molecule has 0 fully saturated rings. The molecule has 0 spiro atoms. The van der Waals surface area contributed by atoms with Crippen LogP contribution in [0.25, 0.3) is 16.7 Å². The molecule has 6 rings (SSSR count). The molecule has 3 heterocycles. The van der Waals surface area contributed by atoms with E-state index in [1.54, 1.807) is 112 Å². The molecule has 0 radical (unpaired) electrons. The van der Waals surface area contributed by atoms with E-state index >= 15 is 0 Å². The maximum absolute atomic E-state index is 14.2. The van der Waals surface area contributed by atoms with E-state index in [0.29, 0.717) is 175 Å². The largest absolute Gasteiger partial charge is 0.491 e. The van der Waals surface area contributed by atoms with Crippen LogP contribution in [0.15, 0.2) is 84.0 Å². The summed E-state index contributed by atoms with van der Waals surface area (Å²) in [6.07, 6.45) is 5.03. The van der Waals surface area contributed by atoms with Crippen LogP contribution < -0.4 is 30.9 Å². The molecular formula is C58H76FN7O15. The predicted octanol–water partition coefficient (Wildman–Crippen LogP) is 5.84. The monoisotopic (exact) mass is 1130 g/mol. The van der Waals surface area contributed by atoms with Crippen molar-refractivity contribution < 1.29 is 71.2 Å². The highest BCUT2D eigenvalue weighted by Crippen LogP contribution is 2.37. The Balaban J connectivity index is 0.744. The molecule has 0 aliphatic carbocycles. The third kappa shape index (κ3) is 20.8. The van der Waals surface area contributed by atoms with Gasteiger partial charge in [0.1, 0.15) is 35.1 Å². The lowest BCUT2D eigenvalue weighted by Gasteiger charge is -2.22. The SMILES string of the molecule is Cc1cc(F)cc(C)c1Oc1ccc(C(C)(C)O)cc1-n1cc(C)c(=O)c2[nH]c(C(=O)Nc3ccc(OCCOCCOCCOCCOCCOCCOCCOCCOCCNC(=O)CCNC(=O)c4nccn4C)cc3)cc21.